The smallest absolute Gasteiger partial charge is 0.337 e. The molecule has 0 unspecified atom stereocenters. The van der Waals surface area contributed by atoms with E-state index >= 15 is 0 Å². The number of rotatable bonds is 8. The van der Waals surface area contributed by atoms with Crippen molar-refractivity contribution in [2.24, 2.45) is 0 Å². The van der Waals surface area contributed by atoms with Crippen LogP contribution in [0.5, 0.6) is 0 Å². The van der Waals surface area contributed by atoms with E-state index in [1.165, 1.54) is 19.2 Å². The molecule has 156 valence electrons. The summed E-state index contributed by atoms with van der Waals surface area (Å²) in [6.45, 7) is 9.33. The minimum Gasteiger partial charge on any atom is -0.465 e. The fourth-order valence-corrected chi connectivity index (χ4v) is 3.21. The summed E-state index contributed by atoms with van der Waals surface area (Å²) in [6.07, 6.45) is 1.79. The number of imidazole rings is 1. The first kappa shape index (κ1) is 21.4. The molecule has 0 amide bonds. The third-order valence-electron chi connectivity index (χ3n) is 4.65. The number of nitrogens with one attached hydrogen (secondary N) is 1. The largest absolute Gasteiger partial charge is 0.465 e. The number of halogens is 1. The predicted molar refractivity (Wildman–Crippen MR) is 113 cm³/mol. The first-order chi connectivity index (χ1) is 14.4. The Morgan fingerprint density at radius 1 is 1.23 bits per heavy atom. The summed E-state index contributed by atoms with van der Waals surface area (Å²) in [6, 6.07) is 9.85. The molecule has 3 aromatic rings. The molecule has 0 fully saturated rings. The molecule has 0 radical (unpaired) electrons. The summed E-state index contributed by atoms with van der Waals surface area (Å²) < 4.78 is 20.1. The van der Waals surface area contributed by atoms with E-state index in [9.17, 15) is 9.18 Å². The van der Waals surface area contributed by atoms with Gasteiger partial charge in [0, 0.05) is 18.8 Å². The van der Waals surface area contributed by atoms with Gasteiger partial charge >= 0.3 is 5.97 Å². The number of hydrogen-bond acceptors (Lipinski definition) is 5. The highest BCUT2D eigenvalue weighted by atomic mass is 19.1. The van der Waals surface area contributed by atoms with Crippen LogP contribution in [0, 0.1) is 12.7 Å². The van der Waals surface area contributed by atoms with E-state index in [4.69, 9.17) is 4.74 Å². The lowest BCUT2D eigenvalue weighted by molar-refractivity contribution is 0.0600. The maximum atomic E-state index is 13.2. The topological polar surface area (TPSA) is 69.0 Å². The number of aromatic nitrogens is 3. The van der Waals surface area contributed by atoms with E-state index in [0.29, 0.717) is 25.2 Å². The standard InChI is InChI=1S/C23H25FN4O2/c1-15(2)21-12-26-22(28(21)14-17-5-7-19(24)8-6-17)13-25-11-20-10-18(23(29)30-4)9-16(3)27-20/h5-10,12,25H,1,11,13-14H2,2-4H3. The normalized spacial score (nSPS) is 10.8. The Labute approximate surface area is 175 Å². The fourth-order valence-electron chi connectivity index (χ4n) is 3.21. The molecule has 0 aliphatic rings. The van der Waals surface area contributed by atoms with Crippen molar-refractivity contribution >= 4 is 11.5 Å². The lowest BCUT2D eigenvalue weighted by Gasteiger charge is -2.13. The van der Waals surface area contributed by atoms with Crippen LogP contribution in [0.3, 0.4) is 0 Å². The number of carbonyl (C=O) groups is 1. The number of aryl methyl sites for hydroxylation is 1. The number of nitrogens with zero attached hydrogens (tertiary/aromatic N) is 3. The van der Waals surface area contributed by atoms with Gasteiger partial charge in [0.2, 0.25) is 0 Å². The third kappa shape index (κ3) is 5.18. The summed E-state index contributed by atoms with van der Waals surface area (Å²) >= 11 is 0. The molecule has 0 aliphatic heterocycles. The lowest BCUT2D eigenvalue weighted by atomic mass is 10.2. The van der Waals surface area contributed by atoms with Gasteiger partial charge < -0.3 is 14.6 Å². The van der Waals surface area contributed by atoms with Crippen molar-refractivity contribution in [2.45, 2.75) is 33.5 Å². The Balaban J connectivity index is 1.74. The Morgan fingerprint density at radius 2 is 1.97 bits per heavy atom. The zero-order valence-corrected chi connectivity index (χ0v) is 17.4. The maximum Gasteiger partial charge on any atom is 0.337 e. The highest BCUT2D eigenvalue weighted by molar-refractivity contribution is 5.89. The van der Waals surface area contributed by atoms with Gasteiger partial charge in [-0.3, -0.25) is 4.98 Å². The molecule has 0 bridgehead atoms. The molecule has 3 rings (SSSR count). The van der Waals surface area contributed by atoms with Crippen LogP contribution in [0.15, 0.2) is 49.2 Å². The van der Waals surface area contributed by atoms with Crippen LogP contribution >= 0.6 is 0 Å². The monoisotopic (exact) mass is 408 g/mol. The van der Waals surface area contributed by atoms with E-state index in [0.717, 1.165) is 34.0 Å². The van der Waals surface area contributed by atoms with E-state index in [1.807, 2.05) is 13.8 Å². The maximum absolute atomic E-state index is 13.2. The molecule has 1 N–H and O–H groups in total. The summed E-state index contributed by atoms with van der Waals surface area (Å²) in [7, 11) is 1.36. The average Bonchev–Trinajstić information content (AvgIpc) is 3.11. The number of pyridine rings is 1. The number of hydrogen-bond donors (Lipinski definition) is 1. The first-order valence-electron chi connectivity index (χ1n) is 9.58. The molecule has 0 saturated heterocycles. The second kappa shape index (κ2) is 9.45. The molecule has 6 nitrogen and oxygen atoms in total. The molecule has 0 aliphatic carbocycles. The van der Waals surface area contributed by atoms with Gasteiger partial charge in [0.25, 0.3) is 0 Å². The van der Waals surface area contributed by atoms with Gasteiger partial charge in [-0.25, -0.2) is 14.2 Å². The second-order valence-corrected chi connectivity index (χ2v) is 7.14. The molecule has 0 atom stereocenters. The number of benzene rings is 1. The van der Waals surface area contributed by atoms with Crippen molar-refractivity contribution in [1.29, 1.82) is 0 Å². The minimum absolute atomic E-state index is 0.261. The van der Waals surface area contributed by atoms with Gasteiger partial charge in [-0.15, -0.1) is 0 Å². The van der Waals surface area contributed by atoms with Gasteiger partial charge in [0.05, 0.1) is 36.8 Å². The van der Waals surface area contributed by atoms with Crippen LogP contribution in [-0.2, 0) is 24.4 Å². The Kier molecular flexibility index (Phi) is 6.74. The highest BCUT2D eigenvalue weighted by Crippen LogP contribution is 2.17. The lowest BCUT2D eigenvalue weighted by Crippen LogP contribution is -2.19. The van der Waals surface area contributed by atoms with Crippen LogP contribution < -0.4 is 5.32 Å². The molecule has 30 heavy (non-hydrogen) atoms. The Bertz CT molecular complexity index is 1060. The number of allylic oxidation sites excluding steroid dienone is 1. The highest BCUT2D eigenvalue weighted by Gasteiger charge is 2.12. The molecule has 0 spiro atoms. The number of esters is 1. The quantitative estimate of drug-likeness (QED) is 0.573. The van der Waals surface area contributed by atoms with Crippen molar-refractivity contribution in [3.63, 3.8) is 0 Å². The SMILES string of the molecule is C=C(C)c1cnc(CNCc2cc(C(=O)OC)cc(C)n2)n1Cc1ccc(F)cc1. The van der Waals surface area contributed by atoms with Crippen LogP contribution in [0.2, 0.25) is 0 Å². The molecular weight excluding hydrogens is 383 g/mol. The molecular formula is C23H25FN4O2. The van der Waals surface area contributed by atoms with Gasteiger partial charge in [0.15, 0.2) is 0 Å². The third-order valence-corrected chi connectivity index (χ3v) is 4.65. The van der Waals surface area contributed by atoms with E-state index in [-0.39, 0.29) is 11.8 Å². The fraction of sp³-hybridized carbons (Fsp3) is 0.261. The van der Waals surface area contributed by atoms with Crippen LogP contribution in [0.25, 0.3) is 5.57 Å². The van der Waals surface area contributed by atoms with E-state index in [1.54, 1.807) is 30.5 Å². The Morgan fingerprint density at radius 3 is 2.63 bits per heavy atom. The number of ether oxygens (including phenoxy) is 1. The van der Waals surface area contributed by atoms with E-state index in [2.05, 4.69) is 26.4 Å². The van der Waals surface area contributed by atoms with Crippen molar-refractivity contribution in [2.75, 3.05) is 7.11 Å². The summed E-state index contributed by atoms with van der Waals surface area (Å²) in [4.78, 5) is 20.8. The van der Waals surface area contributed by atoms with Crippen molar-refractivity contribution in [3.8, 4) is 0 Å². The van der Waals surface area contributed by atoms with Gasteiger partial charge in [-0.1, -0.05) is 18.7 Å². The zero-order chi connectivity index (χ0) is 21.7. The van der Waals surface area contributed by atoms with Crippen molar-refractivity contribution in [3.05, 3.63) is 89.0 Å². The number of carbonyl (C=O) groups excluding carboxylic acids is 1. The number of methoxy groups -OCH3 is 1. The summed E-state index contributed by atoms with van der Waals surface area (Å²) in [5, 5.41) is 3.33. The molecule has 1 aromatic carbocycles. The van der Waals surface area contributed by atoms with Crippen LogP contribution in [0.1, 0.15) is 45.8 Å². The summed E-state index contributed by atoms with van der Waals surface area (Å²) in [5.74, 6) is 0.184. The van der Waals surface area contributed by atoms with Crippen molar-refractivity contribution < 1.29 is 13.9 Å². The van der Waals surface area contributed by atoms with Gasteiger partial charge in [-0.05, 0) is 49.2 Å². The summed E-state index contributed by atoms with van der Waals surface area (Å²) in [5.41, 5.74) is 4.77. The molecule has 2 heterocycles. The minimum atomic E-state index is -0.386. The first-order valence-corrected chi connectivity index (χ1v) is 9.58. The molecule has 2 aromatic heterocycles. The average molecular weight is 408 g/mol. The molecule has 7 heteroatoms. The Hall–Kier alpha value is -3.32. The zero-order valence-electron chi connectivity index (χ0n) is 17.4. The molecule has 0 saturated carbocycles. The van der Waals surface area contributed by atoms with Gasteiger partial charge in [-0.2, -0.15) is 0 Å². The van der Waals surface area contributed by atoms with Crippen LogP contribution in [-0.4, -0.2) is 27.6 Å². The van der Waals surface area contributed by atoms with Crippen LogP contribution in [0.4, 0.5) is 4.39 Å². The second-order valence-electron chi connectivity index (χ2n) is 7.14. The van der Waals surface area contributed by atoms with Gasteiger partial charge in [0.1, 0.15) is 11.6 Å². The van der Waals surface area contributed by atoms with E-state index < -0.39 is 0 Å². The van der Waals surface area contributed by atoms with Crippen molar-refractivity contribution in [1.82, 2.24) is 19.9 Å². The predicted octanol–water partition coefficient (Wildman–Crippen LogP) is 3.88.